The molecule has 0 saturated carbocycles. The van der Waals surface area contributed by atoms with Crippen LogP contribution >= 0.6 is 11.8 Å². The molecular weight excluding hydrogens is 294 g/mol. The maximum atomic E-state index is 12.1. The average Bonchev–Trinajstić information content (AvgIpc) is 2.90. The number of carbonyl (C=O) groups is 1. The van der Waals surface area contributed by atoms with Crippen molar-refractivity contribution in [2.24, 2.45) is 5.92 Å². The van der Waals surface area contributed by atoms with E-state index in [9.17, 15) is 9.59 Å². The smallest absolute Gasteiger partial charge is 0.254 e. The van der Waals surface area contributed by atoms with Crippen molar-refractivity contribution in [3.8, 4) is 0 Å². The summed E-state index contributed by atoms with van der Waals surface area (Å²) in [6, 6.07) is 1.39. The number of fused-ring (bicyclic) bond motifs is 1. The van der Waals surface area contributed by atoms with Gasteiger partial charge in [0.05, 0.1) is 12.5 Å². The zero-order valence-corrected chi connectivity index (χ0v) is 12.1. The van der Waals surface area contributed by atoms with Gasteiger partial charge in [0, 0.05) is 31.5 Å². The number of hydrogen-bond donors (Lipinski definition) is 1. The SMILES string of the molecule is Cc1nnc(CNC(=O)C2CSc3nccc(=O)n3C2)o1. The lowest BCUT2D eigenvalue weighted by Gasteiger charge is -2.23. The van der Waals surface area contributed by atoms with Gasteiger partial charge in [0.15, 0.2) is 5.16 Å². The Morgan fingerprint density at radius 3 is 3.19 bits per heavy atom. The molecule has 0 aromatic carbocycles. The molecule has 110 valence electrons. The number of nitrogens with one attached hydrogen (secondary N) is 1. The molecule has 1 amide bonds. The average molecular weight is 307 g/mol. The van der Waals surface area contributed by atoms with Crippen LogP contribution in [0.4, 0.5) is 0 Å². The Bertz CT molecular complexity index is 726. The van der Waals surface area contributed by atoms with Gasteiger partial charge in [-0.2, -0.15) is 0 Å². The van der Waals surface area contributed by atoms with Gasteiger partial charge in [-0.05, 0) is 0 Å². The molecule has 3 rings (SSSR count). The summed E-state index contributed by atoms with van der Waals surface area (Å²) in [5.41, 5.74) is -0.141. The van der Waals surface area contributed by atoms with Gasteiger partial charge in [0.2, 0.25) is 17.7 Å². The van der Waals surface area contributed by atoms with Crippen LogP contribution in [0.15, 0.2) is 26.6 Å². The highest BCUT2D eigenvalue weighted by molar-refractivity contribution is 7.99. The highest BCUT2D eigenvalue weighted by atomic mass is 32.2. The van der Waals surface area contributed by atoms with E-state index in [1.54, 1.807) is 6.92 Å². The molecule has 0 aliphatic carbocycles. The summed E-state index contributed by atoms with van der Waals surface area (Å²) in [5.74, 6) is 0.987. The van der Waals surface area contributed by atoms with Crippen LogP contribution in [-0.2, 0) is 17.9 Å². The number of carbonyl (C=O) groups excluding carboxylic acids is 1. The van der Waals surface area contributed by atoms with Crippen molar-refractivity contribution in [2.75, 3.05) is 5.75 Å². The van der Waals surface area contributed by atoms with E-state index in [1.165, 1.54) is 28.6 Å². The van der Waals surface area contributed by atoms with E-state index in [-0.39, 0.29) is 23.9 Å². The Hall–Kier alpha value is -2.16. The molecule has 3 heterocycles. The first kappa shape index (κ1) is 13.8. The van der Waals surface area contributed by atoms with Gasteiger partial charge >= 0.3 is 0 Å². The van der Waals surface area contributed by atoms with Gasteiger partial charge < -0.3 is 9.73 Å². The van der Waals surface area contributed by atoms with Crippen LogP contribution < -0.4 is 10.9 Å². The largest absolute Gasteiger partial charge is 0.424 e. The van der Waals surface area contributed by atoms with Crippen molar-refractivity contribution < 1.29 is 9.21 Å². The number of aryl methyl sites for hydroxylation is 1. The Balaban J connectivity index is 1.64. The van der Waals surface area contributed by atoms with Gasteiger partial charge in [-0.1, -0.05) is 11.8 Å². The summed E-state index contributed by atoms with van der Waals surface area (Å²) >= 11 is 1.40. The standard InChI is InChI=1S/C12H13N5O3S/c1-7-15-16-9(20-7)4-14-11(19)8-5-17-10(18)2-3-13-12(17)21-6-8/h2-3,8H,4-6H2,1H3,(H,14,19). The molecule has 1 unspecified atom stereocenters. The minimum Gasteiger partial charge on any atom is -0.424 e. The van der Waals surface area contributed by atoms with Gasteiger partial charge in [0.25, 0.3) is 5.56 Å². The molecule has 0 radical (unpaired) electrons. The number of aromatic nitrogens is 4. The molecule has 1 atom stereocenters. The van der Waals surface area contributed by atoms with Crippen LogP contribution in [0, 0.1) is 12.8 Å². The zero-order chi connectivity index (χ0) is 14.8. The van der Waals surface area contributed by atoms with Crippen LogP contribution in [0.3, 0.4) is 0 Å². The van der Waals surface area contributed by atoms with Crippen LogP contribution in [0.2, 0.25) is 0 Å². The van der Waals surface area contributed by atoms with Crippen LogP contribution in [0.25, 0.3) is 0 Å². The molecule has 8 nitrogen and oxygen atoms in total. The Morgan fingerprint density at radius 2 is 2.43 bits per heavy atom. The monoisotopic (exact) mass is 307 g/mol. The summed E-state index contributed by atoms with van der Waals surface area (Å²) in [6.45, 7) is 2.21. The van der Waals surface area contributed by atoms with E-state index in [0.29, 0.717) is 29.2 Å². The van der Waals surface area contributed by atoms with Crippen molar-refractivity contribution in [2.45, 2.75) is 25.2 Å². The number of rotatable bonds is 3. The first-order valence-corrected chi connectivity index (χ1v) is 7.37. The van der Waals surface area contributed by atoms with Crippen LogP contribution in [0.5, 0.6) is 0 Å². The molecule has 0 saturated heterocycles. The summed E-state index contributed by atoms with van der Waals surface area (Å²) in [5, 5.41) is 10.9. The quantitative estimate of drug-likeness (QED) is 0.794. The second-order valence-electron chi connectivity index (χ2n) is 4.62. The summed E-state index contributed by atoms with van der Waals surface area (Å²) in [6.07, 6.45) is 1.49. The van der Waals surface area contributed by atoms with Gasteiger partial charge in [-0.3, -0.25) is 14.2 Å². The first-order chi connectivity index (χ1) is 10.1. The lowest BCUT2D eigenvalue weighted by atomic mass is 10.1. The normalized spacial score (nSPS) is 17.3. The molecule has 2 aromatic rings. The van der Waals surface area contributed by atoms with Crippen molar-refractivity contribution in [1.29, 1.82) is 0 Å². The van der Waals surface area contributed by atoms with Gasteiger partial charge in [-0.25, -0.2) is 4.98 Å². The van der Waals surface area contributed by atoms with Crippen LogP contribution in [-0.4, -0.2) is 31.4 Å². The van der Waals surface area contributed by atoms with Crippen molar-refractivity contribution in [3.05, 3.63) is 34.4 Å². The number of thioether (sulfide) groups is 1. The number of nitrogens with zero attached hydrogens (tertiary/aromatic N) is 4. The molecule has 0 bridgehead atoms. The highest BCUT2D eigenvalue weighted by Crippen LogP contribution is 2.24. The maximum absolute atomic E-state index is 12.1. The highest BCUT2D eigenvalue weighted by Gasteiger charge is 2.26. The fraction of sp³-hybridized carbons (Fsp3) is 0.417. The molecule has 2 aromatic heterocycles. The third-order valence-electron chi connectivity index (χ3n) is 3.07. The van der Waals surface area contributed by atoms with Crippen molar-refractivity contribution in [1.82, 2.24) is 25.1 Å². The van der Waals surface area contributed by atoms with Crippen LogP contribution in [0.1, 0.15) is 11.8 Å². The summed E-state index contributed by atoms with van der Waals surface area (Å²) < 4.78 is 6.71. The summed E-state index contributed by atoms with van der Waals surface area (Å²) in [7, 11) is 0. The predicted octanol–water partition coefficient (Wildman–Crippen LogP) is -0.0270. The lowest BCUT2D eigenvalue weighted by molar-refractivity contribution is -0.125. The minimum atomic E-state index is -0.284. The zero-order valence-electron chi connectivity index (χ0n) is 11.3. The fourth-order valence-electron chi connectivity index (χ4n) is 2.02. The van der Waals surface area contributed by atoms with E-state index in [1.807, 2.05) is 0 Å². The molecule has 21 heavy (non-hydrogen) atoms. The minimum absolute atomic E-state index is 0.139. The van der Waals surface area contributed by atoms with Crippen molar-refractivity contribution >= 4 is 17.7 Å². The second kappa shape index (κ2) is 5.68. The van der Waals surface area contributed by atoms with Gasteiger partial charge in [-0.15, -0.1) is 10.2 Å². The maximum Gasteiger partial charge on any atom is 0.254 e. The fourth-order valence-corrected chi connectivity index (χ4v) is 3.09. The molecule has 0 spiro atoms. The molecule has 1 aliphatic rings. The molecule has 1 N–H and O–H groups in total. The van der Waals surface area contributed by atoms with Crippen molar-refractivity contribution in [3.63, 3.8) is 0 Å². The first-order valence-electron chi connectivity index (χ1n) is 6.39. The van der Waals surface area contributed by atoms with E-state index in [0.717, 1.165) is 0 Å². The lowest BCUT2D eigenvalue weighted by Crippen LogP contribution is -2.39. The Labute approximate surface area is 124 Å². The van der Waals surface area contributed by atoms with E-state index in [4.69, 9.17) is 4.42 Å². The molecule has 9 heteroatoms. The second-order valence-corrected chi connectivity index (χ2v) is 5.60. The molecular formula is C12H13N5O3S. The topological polar surface area (TPSA) is 103 Å². The van der Waals surface area contributed by atoms with E-state index >= 15 is 0 Å². The third-order valence-corrected chi connectivity index (χ3v) is 4.22. The molecule has 1 aliphatic heterocycles. The number of amides is 1. The predicted molar refractivity (Wildman–Crippen MR) is 73.6 cm³/mol. The number of hydrogen-bond acceptors (Lipinski definition) is 7. The molecule has 0 fully saturated rings. The van der Waals surface area contributed by atoms with Gasteiger partial charge in [0.1, 0.15) is 0 Å². The Kier molecular flexibility index (Phi) is 3.74. The third kappa shape index (κ3) is 2.97. The van der Waals surface area contributed by atoms with E-state index in [2.05, 4.69) is 20.5 Å². The Morgan fingerprint density at radius 1 is 1.57 bits per heavy atom. The van der Waals surface area contributed by atoms with E-state index < -0.39 is 0 Å². The summed E-state index contributed by atoms with van der Waals surface area (Å²) in [4.78, 5) is 28.0.